The highest BCUT2D eigenvalue weighted by molar-refractivity contribution is 5.95. The number of anilines is 1. The van der Waals surface area contributed by atoms with Gasteiger partial charge in [-0.25, -0.2) is 9.97 Å². The van der Waals surface area contributed by atoms with E-state index < -0.39 is 5.60 Å². The molecule has 1 amide bonds. The standard InChI is InChI=1S/C25H34N4O3/c30-20-7-3-6-19(20)27-24-26-13-18(22(29-24)15-4-1-2-5-15)23(31)28-21-16-8-14-9-17(21)12-25(32,10-14)11-16/h13-17,19,21,32H,1-12H2,(H,28,31)(H,26,27,29)/t14?,16?,17?,19-,21?,25?/m0/s1. The zero-order valence-electron chi connectivity index (χ0n) is 18.7. The molecule has 6 saturated carbocycles. The van der Waals surface area contributed by atoms with Crippen LogP contribution in [-0.4, -0.2) is 44.4 Å². The average molecular weight is 439 g/mol. The van der Waals surface area contributed by atoms with Crippen molar-refractivity contribution in [3.63, 3.8) is 0 Å². The second-order valence-electron chi connectivity index (χ2n) is 11.2. The maximum atomic E-state index is 13.5. The van der Waals surface area contributed by atoms with E-state index in [0.29, 0.717) is 35.7 Å². The molecule has 7 nitrogen and oxygen atoms in total. The van der Waals surface area contributed by atoms with E-state index >= 15 is 0 Å². The van der Waals surface area contributed by atoms with Crippen molar-refractivity contribution in [3.8, 4) is 0 Å². The van der Waals surface area contributed by atoms with E-state index in [0.717, 1.165) is 76.3 Å². The number of aromatic nitrogens is 2. The lowest BCUT2D eigenvalue weighted by molar-refractivity contribution is -0.136. The summed E-state index contributed by atoms with van der Waals surface area (Å²) in [6, 6.07) is -0.0605. The number of aliphatic hydroxyl groups is 1. The second kappa shape index (κ2) is 7.79. The topological polar surface area (TPSA) is 104 Å². The lowest BCUT2D eigenvalue weighted by Gasteiger charge is -2.58. The van der Waals surface area contributed by atoms with E-state index in [-0.39, 0.29) is 29.7 Å². The SMILES string of the molecule is O=C(NC1C2CC3CC1CC(O)(C3)C2)c1cnc(N[C@H]2CCCC2=O)nc1C1CCCC1. The van der Waals surface area contributed by atoms with Crippen LogP contribution in [-0.2, 0) is 4.79 Å². The van der Waals surface area contributed by atoms with Crippen molar-refractivity contribution in [2.24, 2.45) is 17.8 Å². The largest absolute Gasteiger partial charge is 0.390 e. The Morgan fingerprint density at radius 1 is 1.06 bits per heavy atom. The fourth-order valence-electron chi connectivity index (χ4n) is 7.72. The van der Waals surface area contributed by atoms with Crippen LogP contribution in [0.5, 0.6) is 0 Å². The molecule has 0 aromatic carbocycles. The van der Waals surface area contributed by atoms with Gasteiger partial charge in [0, 0.05) is 24.6 Å². The predicted molar refractivity (Wildman–Crippen MR) is 119 cm³/mol. The van der Waals surface area contributed by atoms with E-state index in [2.05, 4.69) is 15.6 Å². The molecule has 1 aromatic heterocycles. The van der Waals surface area contributed by atoms with E-state index in [4.69, 9.17) is 4.98 Å². The minimum atomic E-state index is -0.499. The van der Waals surface area contributed by atoms with Crippen LogP contribution in [0.15, 0.2) is 6.20 Å². The summed E-state index contributed by atoms with van der Waals surface area (Å²) in [6.07, 6.45) is 13.2. The molecule has 0 saturated heterocycles. The summed E-state index contributed by atoms with van der Waals surface area (Å²) in [6.45, 7) is 0. The van der Waals surface area contributed by atoms with Gasteiger partial charge in [-0.1, -0.05) is 12.8 Å². The maximum Gasteiger partial charge on any atom is 0.254 e. The molecule has 6 aliphatic carbocycles. The molecule has 0 radical (unpaired) electrons. The lowest BCUT2D eigenvalue weighted by atomic mass is 9.52. The number of rotatable bonds is 5. The van der Waals surface area contributed by atoms with Gasteiger partial charge >= 0.3 is 0 Å². The molecule has 1 heterocycles. The molecule has 3 atom stereocenters. The highest BCUT2D eigenvalue weighted by Gasteiger charge is 2.55. The lowest BCUT2D eigenvalue weighted by Crippen LogP contribution is -2.61. The van der Waals surface area contributed by atoms with E-state index in [1.807, 2.05) is 0 Å². The molecule has 4 bridgehead atoms. The number of amides is 1. The molecular formula is C25H34N4O3. The van der Waals surface area contributed by atoms with Gasteiger partial charge in [-0.15, -0.1) is 0 Å². The Labute approximate surface area is 189 Å². The fraction of sp³-hybridized carbons (Fsp3) is 0.760. The van der Waals surface area contributed by atoms with Gasteiger partial charge in [0.05, 0.1) is 22.9 Å². The number of hydrogen-bond acceptors (Lipinski definition) is 6. The summed E-state index contributed by atoms with van der Waals surface area (Å²) in [5, 5.41) is 17.4. The first-order valence-electron chi connectivity index (χ1n) is 12.7. The number of nitrogens with zero attached hydrogens (tertiary/aromatic N) is 2. The molecule has 0 aliphatic heterocycles. The van der Waals surface area contributed by atoms with Gasteiger partial charge in [-0.05, 0) is 75.5 Å². The van der Waals surface area contributed by atoms with Crippen LogP contribution < -0.4 is 10.6 Å². The summed E-state index contributed by atoms with van der Waals surface area (Å²) in [7, 11) is 0. The van der Waals surface area contributed by atoms with E-state index in [1.165, 1.54) is 0 Å². The average Bonchev–Trinajstić information content (AvgIpc) is 3.42. The van der Waals surface area contributed by atoms with Crippen LogP contribution in [0.3, 0.4) is 0 Å². The number of Topliss-reactive ketones (excluding diaryl/α,β-unsaturated/α-hetero) is 1. The molecule has 7 rings (SSSR count). The Kier molecular flexibility index (Phi) is 5.01. The van der Waals surface area contributed by atoms with Crippen molar-refractivity contribution >= 4 is 17.6 Å². The van der Waals surface area contributed by atoms with Crippen LogP contribution >= 0.6 is 0 Å². The van der Waals surface area contributed by atoms with Crippen LogP contribution in [0, 0.1) is 17.8 Å². The summed E-state index contributed by atoms with van der Waals surface area (Å²) in [4.78, 5) is 34.8. The third-order valence-electron chi connectivity index (χ3n) is 8.95. The Balaban J connectivity index is 1.23. The molecule has 3 N–H and O–H groups in total. The Morgan fingerprint density at radius 3 is 2.47 bits per heavy atom. The van der Waals surface area contributed by atoms with Crippen molar-refractivity contribution in [2.75, 3.05) is 5.32 Å². The van der Waals surface area contributed by atoms with Crippen molar-refractivity contribution in [3.05, 3.63) is 17.5 Å². The smallest absolute Gasteiger partial charge is 0.254 e. The van der Waals surface area contributed by atoms with Crippen LogP contribution in [0.25, 0.3) is 0 Å². The first-order chi connectivity index (χ1) is 15.5. The number of hydrogen-bond donors (Lipinski definition) is 3. The van der Waals surface area contributed by atoms with Crippen molar-refractivity contribution < 1.29 is 14.7 Å². The molecule has 6 fully saturated rings. The first kappa shape index (κ1) is 20.6. The molecule has 1 aromatic rings. The van der Waals surface area contributed by atoms with Gasteiger partial charge in [0.15, 0.2) is 5.78 Å². The number of carbonyl (C=O) groups excluding carboxylic acids is 2. The van der Waals surface area contributed by atoms with Crippen LogP contribution in [0.4, 0.5) is 5.95 Å². The third kappa shape index (κ3) is 3.62. The Morgan fingerprint density at radius 2 is 1.81 bits per heavy atom. The van der Waals surface area contributed by atoms with E-state index in [9.17, 15) is 14.7 Å². The normalized spacial score (nSPS) is 38.4. The zero-order valence-corrected chi connectivity index (χ0v) is 18.7. The highest BCUT2D eigenvalue weighted by atomic mass is 16.3. The van der Waals surface area contributed by atoms with Crippen molar-refractivity contribution in [1.29, 1.82) is 0 Å². The van der Waals surface area contributed by atoms with Crippen LogP contribution in [0.2, 0.25) is 0 Å². The molecule has 2 unspecified atom stereocenters. The minimum Gasteiger partial charge on any atom is -0.390 e. The molecular weight excluding hydrogens is 404 g/mol. The monoisotopic (exact) mass is 438 g/mol. The van der Waals surface area contributed by atoms with Crippen molar-refractivity contribution in [2.45, 2.75) is 101 Å². The first-order valence-corrected chi connectivity index (χ1v) is 12.7. The van der Waals surface area contributed by atoms with Gasteiger partial charge in [0.1, 0.15) is 0 Å². The van der Waals surface area contributed by atoms with Gasteiger partial charge in [-0.2, -0.15) is 0 Å². The zero-order chi connectivity index (χ0) is 21.9. The quantitative estimate of drug-likeness (QED) is 0.651. The number of ketones is 1. The predicted octanol–water partition coefficient (Wildman–Crippen LogP) is 3.34. The van der Waals surface area contributed by atoms with Crippen LogP contribution in [0.1, 0.15) is 99.0 Å². The number of carbonyl (C=O) groups is 2. The molecule has 0 spiro atoms. The van der Waals surface area contributed by atoms with Crippen molar-refractivity contribution in [1.82, 2.24) is 15.3 Å². The van der Waals surface area contributed by atoms with E-state index in [1.54, 1.807) is 6.20 Å². The summed E-state index contributed by atoms with van der Waals surface area (Å²) >= 11 is 0. The molecule has 6 aliphatic rings. The van der Waals surface area contributed by atoms with Gasteiger partial charge in [0.2, 0.25) is 5.95 Å². The third-order valence-corrected chi connectivity index (χ3v) is 8.95. The molecule has 7 heteroatoms. The van der Waals surface area contributed by atoms with Gasteiger partial charge in [-0.3, -0.25) is 9.59 Å². The summed E-state index contributed by atoms with van der Waals surface area (Å²) < 4.78 is 0. The minimum absolute atomic E-state index is 0.0696. The second-order valence-corrected chi connectivity index (χ2v) is 11.2. The Hall–Kier alpha value is -2.02. The molecule has 32 heavy (non-hydrogen) atoms. The highest BCUT2D eigenvalue weighted by Crippen LogP contribution is 2.55. The van der Waals surface area contributed by atoms with Gasteiger partial charge < -0.3 is 15.7 Å². The number of nitrogens with one attached hydrogen (secondary N) is 2. The maximum absolute atomic E-state index is 13.5. The molecule has 172 valence electrons. The Bertz CT molecular complexity index is 912. The summed E-state index contributed by atoms with van der Waals surface area (Å²) in [5.41, 5.74) is 0.930. The summed E-state index contributed by atoms with van der Waals surface area (Å²) in [5.74, 6) is 2.27. The van der Waals surface area contributed by atoms with Gasteiger partial charge in [0.25, 0.3) is 5.91 Å². The fourth-order valence-corrected chi connectivity index (χ4v) is 7.72.